The van der Waals surface area contributed by atoms with Gasteiger partial charge < -0.3 is 4.90 Å². The zero-order valence-corrected chi connectivity index (χ0v) is 10.3. The fourth-order valence-corrected chi connectivity index (χ4v) is 3.02. The highest BCUT2D eigenvalue weighted by atomic mass is 16.2. The van der Waals surface area contributed by atoms with Crippen LogP contribution in [0.2, 0.25) is 0 Å². The van der Waals surface area contributed by atoms with Crippen LogP contribution in [0, 0.1) is 17.3 Å². The van der Waals surface area contributed by atoms with Crippen molar-refractivity contribution in [2.45, 2.75) is 46.5 Å². The third-order valence-electron chi connectivity index (χ3n) is 4.18. The van der Waals surface area contributed by atoms with Crippen LogP contribution in [-0.4, -0.2) is 23.9 Å². The minimum atomic E-state index is 0.338. The second-order valence-corrected chi connectivity index (χ2v) is 6.25. The smallest absolute Gasteiger partial charge is 0.225 e. The third kappa shape index (κ3) is 2.19. The Morgan fingerprint density at radius 1 is 1.20 bits per heavy atom. The van der Waals surface area contributed by atoms with Gasteiger partial charge in [0.05, 0.1) is 0 Å². The van der Waals surface area contributed by atoms with E-state index in [2.05, 4.69) is 25.7 Å². The molecule has 2 aliphatic heterocycles. The molecule has 2 fully saturated rings. The predicted octanol–water partition coefficient (Wildman–Crippen LogP) is 2.68. The lowest BCUT2D eigenvalue weighted by atomic mass is 9.74. The summed E-state index contributed by atoms with van der Waals surface area (Å²) in [6, 6.07) is 0. The summed E-state index contributed by atoms with van der Waals surface area (Å²) in [6.45, 7) is 8.94. The molecule has 2 aliphatic rings. The minimum Gasteiger partial charge on any atom is -0.342 e. The van der Waals surface area contributed by atoms with Crippen LogP contribution >= 0.6 is 0 Å². The first-order valence-electron chi connectivity index (χ1n) is 6.27. The quantitative estimate of drug-likeness (QED) is 0.600. The maximum atomic E-state index is 12.0. The van der Waals surface area contributed by atoms with Gasteiger partial charge in [-0.05, 0) is 37.0 Å². The van der Waals surface area contributed by atoms with Crippen LogP contribution in [-0.2, 0) is 4.79 Å². The Bertz CT molecular complexity index is 254. The summed E-state index contributed by atoms with van der Waals surface area (Å²) < 4.78 is 0. The maximum absolute atomic E-state index is 12.0. The zero-order valence-electron chi connectivity index (χ0n) is 10.3. The van der Waals surface area contributed by atoms with Crippen molar-refractivity contribution in [2.24, 2.45) is 17.3 Å². The number of fused-ring (bicyclic) bond motifs is 2. The molecule has 2 rings (SSSR count). The van der Waals surface area contributed by atoms with E-state index in [0.717, 1.165) is 31.8 Å². The van der Waals surface area contributed by atoms with Crippen molar-refractivity contribution in [1.82, 2.24) is 4.90 Å². The molecule has 0 aromatic heterocycles. The van der Waals surface area contributed by atoms with Crippen LogP contribution in [0.25, 0.3) is 0 Å². The van der Waals surface area contributed by atoms with Crippen LogP contribution < -0.4 is 0 Å². The van der Waals surface area contributed by atoms with Gasteiger partial charge in [0.25, 0.3) is 0 Å². The normalized spacial score (nSPS) is 32.7. The predicted molar refractivity (Wildman–Crippen MR) is 61.5 cm³/mol. The third-order valence-corrected chi connectivity index (χ3v) is 4.18. The standard InChI is InChI=1S/C13H23NO/c1-13(2,3)11-6-8-14-7-4-5-10(9-11)12(14)15/h10-11H,4-9H2,1-3H3/t10-,11+/m0/s1. The first kappa shape index (κ1) is 11.0. The van der Waals surface area contributed by atoms with Gasteiger partial charge in [-0.3, -0.25) is 4.79 Å². The Labute approximate surface area is 93.0 Å². The molecule has 2 heterocycles. The summed E-state index contributed by atoms with van der Waals surface area (Å²) in [7, 11) is 0. The number of hydrogen-bond acceptors (Lipinski definition) is 1. The average molecular weight is 209 g/mol. The van der Waals surface area contributed by atoms with Gasteiger partial charge in [-0.25, -0.2) is 0 Å². The van der Waals surface area contributed by atoms with Crippen molar-refractivity contribution < 1.29 is 4.79 Å². The number of hydrogen-bond donors (Lipinski definition) is 0. The Hall–Kier alpha value is -0.530. The van der Waals surface area contributed by atoms with Crippen LogP contribution in [0.5, 0.6) is 0 Å². The summed E-state index contributed by atoms with van der Waals surface area (Å²) >= 11 is 0. The topological polar surface area (TPSA) is 20.3 Å². The van der Waals surface area contributed by atoms with Crippen LogP contribution in [0.1, 0.15) is 46.5 Å². The molecule has 15 heavy (non-hydrogen) atoms. The molecule has 1 amide bonds. The van der Waals surface area contributed by atoms with E-state index in [9.17, 15) is 4.79 Å². The van der Waals surface area contributed by atoms with Crippen molar-refractivity contribution in [3.8, 4) is 0 Å². The van der Waals surface area contributed by atoms with E-state index < -0.39 is 0 Å². The fourth-order valence-electron chi connectivity index (χ4n) is 3.02. The van der Waals surface area contributed by atoms with Gasteiger partial charge in [0.2, 0.25) is 5.91 Å². The van der Waals surface area contributed by atoms with Gasteiger partial charge in [-0.2, -0.15) is 0 Å². The van der Waals surface area contributed by atoms with Gasteiger partial charge in [-0.1, -0.05) is 20.8 Å². The summed E-state index contributed by atoms with van der Waals surface area (Å²) in [5.74, 6) is 1.49. The Balaban J connectivity index is 2.13. The van der Waals surface area contributed by atoms with E-state index in [1.807, 2.05) is 0 Å². The second kappa shape index (κ2) is 3.80. The molecule has 2 heteroatoms. The van der Waals surface area contributed by atoms with E-state index in [0.29, 0.717) is 17.2 Å². The number of nitrogens with zero attached hydrogens (tertiary/aromatic N) is 1. The highest BCUT2D eigenvalue weighted by molar-refractivity contribution is 5.79. The summed E-state index contributed by atoms with van der Waals surface area (Å²) in [5.41, 5.74) is 0.360. The Morgan fingerprint density at radius 2 is 1.93 bits per heavy atom. The Kier molecular flexibility index (Phi) is 2.78. The van der Waals surface area contributed by atoms with Crippen LogP contribution in [0.4, 0.5) is 0 Å². The lowest BCUT2D eigenvalue weighted by molar-refractivity contribution is -0.137. The molecular formula is C13H23NO. The van der Waals surface area contributed by atoms with Gasteiger partial charge >= 0.3 is 0 Å². The van der Waals surface area contributed by atoms with Crippen molar-refractivity contribution in [3.63, 3.8) is 0 Å². The molecule has 0 N–H and O–H groups in total. The zero-order chi connectivity index (χ0) is 11.1. The largest absolute Gasteiger partial charge is 0.342 e. The van der Waals surface area contributed by atoms with E-state index >= 15 is 0 Å². The van der Waals surface area contributed by atoms with Gasteiger partial charge in [0, 0.05) is 19.0 Å². The SMILES string of the molecule is CC(C)(C)[C@@H]1CCN2CCC[C@@H](C1)C2=O. The van der Waals surface area contributed by atoms with Gasteiger partial charge in [-0.15, -0.1) is 0 Å². The van der Waals surface area contributed by atoms with Crippen LogP contribution in [0.15, 0.2) is 0 Å². The molecule has 2 atom stereocenters. The van der Waals surface area contributed by atoms with Gasteiger partial charge in [0.15, 0.2) is 0 Å². The Morgan fingerprint density at radius 3 is 2.60 bits per heavy atom. The molecule has 0 spiro atoms. The van der Waals surface area contributed by atoms with Crippen molar-refractivity contribution >= 4 is 5.91 Å². The first-order valence-corrected chi connectivity index (χ1v) is 6.27. The molecular weight excluding hydrogens is 186 g/mol. The molecule has 0 saturated carbocycles. The van der Waals surface area contributed by atoms with E-state index in [1.165, 1.54) is 12.8 Å². The average Bonchev–Trinajstić information content (AvgIpc) is 2.26. The highest BCUT2D eigenvalue weighted by Gasteiger charge is 2.37. The molecule has 0 unspecified atom stereocenters. The highest BCUT2D eigenvalue weighted by Crippen LogP contribution is 2.39. The fraction of sp³-hybridized carbons (Fsp3) is 0.923. The lowest BCUT2D eigenvalue weighted by Crippen LogP contribution is -2.39. The number of carbonyl (C=O) groups is 1. The van der Waals surface area contributed by atoms with Crippen molar-refractivity contribution in [3.05, 3.63) is 0 Å². The molecule has 2 nitrogen and oxygen atoms in total. The van der Waals surface area contributed by atoms with Crippen molar-refractivity contribution in [1.29, 1.82) is 0 Å². The van der Waals surface area contributed by atoms with E-state index in [1.54, 1.807) is 0 Å². The molecule has 86 valence electrons. The van der Waals surface area contributed by atoms with Crippen molar-refractivity contribution in [2.75, 3.05) is 13.1 Å². The van der Waals surface area contributed by atoms with Crippen LogP contribution in [0.3, 0.4) is 0 Å². The first-order chi connectivity index (χ1) is 6.98. The summed E-state index contributed by atoms with van der Waals surface area (Å²) in [6.07, 6.45) is 4.67. The molecule has 0 aromatic carbocycles. The number of piperidine rings is 1. The van der Waals surface area contributed by atoms with E-state index in [-0.39, 0.29) is 0 Å². The lowest BCUT2D eigenvalue weighted by Gasteiger charge is -2.31. The second-order valence-electron chi connectivity index (χ2n) is 6.25. The number of rotatable bonds is 0. The van der Waals surface area contributed by atoms with Gasteiger partial charge in [0.1, 0.15) is 0 Å². The molecule has 0 radical (unpaired) electrons. The molecule has 0 aromatic rings. The summed E-state index contributed by atoms with van der Waals surface area (Å²) in [5, 5.41) is 0. The molecule has 2 saturated heterocycles. The summed E-state index contributed by atoms with van der Waals surface area (Å²) in [4.78, 5) is 14.1. The monoisotopic (exact) mass is 209 g/mol. The molecule has 0 aliphatic carbocycles. The van der Waals surface area contributed by atoms with E-state index in [4.69, 9.17) is 0 Å². The number of carbonyl (C=O) groups excluding carboxylic acids is 1. The number of amides is 1. The molecule has 2 bridgehead atoms. The minimum absolute atomic E-state index is 0.338. The maximum Gasteiger partial charge on any atom is 0.225 e.